The van der Waals surface area contributed by atoms with Gasteiger partial charge in [0.05, 0.1) is 15.7 Å². The van der Waals surface area contributed by atoms with Crippen LogP contribution in [-0.2, 0) is 4.79 Å². The molecule has 0 atom stereocenters. The summed E-state index contributed by atoms with van der Waals surface area (Å²) in [4.78, 5) is 16.4. The minimum absolute atomic E-state index is 0.0317. The van der Waals surface area contributed by atoms with E-state index < -0.39 is 0 Å². The largest absolute Gasteiger partial charge is 0.482 e. The molecule has 0 aliphatic carbocycles. The van der Waals surface area contributed by atoms with E-state index in [4.69, 9.17) is 27.9 Å². The molecule has 1 aromatic heterocycles. The first-order valence-electron chi connectivity index (χ1n) is 9.60. The molecule has 1 saturated heterocycles. The molecule has 154 valence electrons. The maximum atomic E-state index is 12.5. The molecule has 2 heterocycles. The number of hydrogen-bond donors (Lipinski definition) is 0. The second-order valence-corrected chi connectivity index (χ2v) is 7.66. The van der Waals surface area contributed by atoms with Crippen LogP contribution in [0.2, 0.25) is 10.0 Å². The van der Waals surface area contributed by atoms with Gasteiger partial charge in [-0.15, -0.1) is 10.2 Å². The molecule has 6 nitrogen and oxygen atoms in total. The van der Waals surface area contributed by atoms with E-state index in [0.29, 0.717) is 42.0 Å². The van der Waals surface area contributed by atoms with Crippen molar-refractivity contribution in [1.82, 2.24) is 15.1 Å². The van der Waals surface area contributed by atoms with Gasteiger partial charge in [0.1, 0.15) is 5.75 Å². The molecule has 0 radical (unpaired) electrons. The Morgan fingerprint density at radius 2 is 1.57 bits per heavy atom. The highest BCUT2D eigenvalue weighted by Gasteiger charge is 2.22. The number of rotatable bonds is 5. The van der Waals surface area contributed by atoms with E-state index >= 15 is 0 Å². The number of hydrogen-bond acceptors (Lipinski definition) is 5. The van der Waals surface area contributed by atoms with Gasteiger partial charge in [0.15, 0.2) is 12.4 Å². The first-order chi connectivity index (χ1) is 14.6. The third-order valence-electron chi connectivity index (χ3n) is 4.94. The fourth-order valence-corrected chi connectivity index (χ4v) is 3.71. The van der Waals surface area contributed by atoms with Crippen molar-refractivity contribution in [3.63, 3.8) is 0 Å². The van der Waals surface area contributed by atoms with Gasteiger partial charge in [0.25, 0.3) is 5.91 Å². The summed E-state index contributed by atoms with van der Waals surface area (Å²) in [6.45, 7) is 2.52. The Morgan fingerprint density at radius 3 is 2.23 bits per heavy atom. The molecular formula is C22H20Cl2N4O2. The number of carbonyl (C=O) groups excluding carboxylic acids is 1. The molecule has 2 aromatic carbocycles. The van der Waals surface area contributed by atoms with E-state index in [9.17, 15) is 4.79 Å². The van der Waals surface area contributed by atoms with Crippen LogP contribution in [0.1, 0.15) is 0 Å². The zero-order chi connectivity index (χ0) is 20.9. The summed E-state index contributed by atoms with van der Waals surface area (Å²) >= 11 is 12.3. The summed E-state index contributed by atoms with van der Waals surface area (Å²) in [7, 11) is 0. The highest BCUT2D eigenvalue weighted by atomic mass is 35.5. The minimum Gasteiger partial charge on any atom is -0.482 e. The predicted octanol–water partition coefficient (Wildman–Crippen LogP) is 4.18. The van der Waals surface area contributed by atoms with Crippen molar-refractivity contribution < 1.29 is 9.53 Å². The molecular weight excluding hydrogens is 423 g/mol. The molecule has 30 heavy (non-hydrogen) atoms. The number of benzene rings is 2. The number of para-hydroxylation sites is 1. The third-order valence-corrected chi connectivity index (χ3v) is 5.59. The Morgan fingerprint density at radius 1 is 0.867 bits per heavy atom. The molecule has 1 fully saturated rings. The zero-order valence-corrected chi connectivity index (χ0v) is 17.7. The van der Waals surface area contributed by atoms with Crippen LogP contribution in [0.4, 0.5) is 5.82 Å². The quantitative estimate of drug-likeness (QED) is 0.592. The van der Waals surface area contributed by atoms with Crippen LogP contribution < -0.4 is 9.64 Å². The number of amides is 1. The number of halogens is 2. The van der Waals surface area contributed by atoms with E-state index in [2.05, 4.69) is 15.1 Å². The maximum Gasteiger partial charge on any atom is 0.260 e. The van der Waals surface area contributed by atoms with E-state index in [1.807, 2.05) is 48.5 Å². The van der Waals surface area contributed by atoms with Gasteiger partial charge in [-0.1, -0.05) is 53.5 Å². The number of nitrogens with zero attached hydrogens (tertiary/aromatic N) is 4. The summed E-state index contributed by atoms with van der Waals surface area (Å²) in [6.07, 6.45) is 0. The van der Waals surface area contributed by atoms with Crippen molar-refractivity contribution in [1.29, 1.82) is 0 Å². The molecule has 1 aliphatic rings. The Balaban J connectivity index is 1.31. The summed E-state index contributed by atoms with van der Waals surface area (Å²) in [5, 5.41) is 9.81. The molecule has 1 amide bonds. The van der Waals surface area contributed by atoms with Gasteiger partial charge in [-0.25, -0.2) is 0 Å². The van der Waals surface area contributed by atoms with Crippen molar-refractivity contribution >= 4 is 34.9 Å². The minimum atomic E-state index is -0.0604. The number of piperazine rings is 1. The molecule has 0 spiro atoms. The average molecular weight is 443 g/mol. The smallest absolute Gasteiger partial charge is 0.260 e. The Hall–Kier alpha value is -2.83. The van der Waals surface area contributed by atoms with Crippen molar-refractivity contribution in [3.05, 3.63) is 70.7 Å². The lowest BCUT2D eigenvalue weighted by molar-refractivity contribution is -0.133. The van der Waals surface area contributed by atoms with Crippen LogP contribution in [0, 0.1) is 0 Å². The Labute approximate surface area is 185 Å². The number of carbonyl (C=O) groups is 1. The molecule has 4 rings (SSSR count). The summed E-state index contributed by atoms with van der Waals surface area (Å²) in [5.41, 5.74) is 1.59. The molecule has 3 aromatic rings. The fourth-order valence-electron chi connectivity index (χ4n) is 3.28. The maximum absolute atomic E-state index is 12.5. The predicted molar refractivity (Wildman–Crippen MR) is 118 cm³/mol. The second-order valence-electron chi connectivity index (χ2n) is 6.84. The fraction of sp³-hybridized carbons (Fsp3) is 0.227. The van der Waals surface area contributed by atoms with Gasteiger partial charge in [0.2, 0.25) is 0 Å². The van der Waals surface area contributed by atoms with Crippen molar-refractivity contribution in [2.24, 2.45) is 0 Å². The van der Waals surface area contributed by atoms with Crippen LogP contribution in [0.25, 0.3) is 11.3 Å². The highest BCUT2D eigenvalue weighted by molar-refractivity contribution is 6.33. The Bertz CT molecular complexity index is 1020. The van der Waals surface area contributed by atoms with E-state index in [1.54, 1.807) is 17.0 Å². The summed E-state index contributed by atoms with van der Waals surface area (Å²) in [6, 6.07) is 18.5. The van der Waals surface area contributed by atoms with E-state index in [0.717, 1.165) is 17.1 Å². The second kappa shape index (κ2) is 9.32. The number of anilines is 1. The van der Waals surface area contributed by atoms with Crippen molar-refractivity contribution in [2.75, 3.05) is 37.7 Å². The lowest BCUT2D eigenvalue weighted by atomic mass is 10.1. The Kier molecular flexibility index (Phi) is 6.35. The first-order valence-corrected chi connectivity index (χ1v) is 10.4. The summed E-state index contributed by atoms with van der Waals surface area (Å²) < 4.78 is 5.56. The van der Waals surface area contributed by atoms with Crippen molar-refractivity contribution in [2.45, 2.75) is 0 Å². The van der Waals surface area contributed by atoms with E-state index in [1.165, 1.54) is 0 Å². The highest BCUT2D eigenvalue weighted by Crippen LogP contribution is 2.26. The number of ether oxygens (including phenoxy) is 1. The number of aromatic nitrogens is 2. The van der Waals surface area contributed by atoms with Gasteiger partial charge < -0.3 is 14.5 Å². The van der Waals surface area contributed by atoms with Crippen molar-refractivity contribution in [3.8, 4) is 17.0 Å². The standard InChI is InChI=1S/C22H20Cl2N4O2/c23-17-6-2-1-5-16(17)19-9-10-21(26-25-19)27-11-13-28(14-12-27)22(29)15-30-20-8-4-3-7-18(20)24/h1-10H,11-15H2. The lowest BCUT2D eigenvalue weighted by Crippen LogP contribution is -2.50. The van der Waals surface area contributed by atoms with Gasteiger partial charge in [0, 0.05) is 31.7 Å². The molecule has 0 saturated carbocycles. The molecule has 0 unspecified atom stereocenters. The summed E-state index contributed by atoms with van der Waals surface area (Å²) in [5.74, 6) is 1.24. The van der Waals surface area contributed by atoms with Crippen LogP contribution >= 0.6 is 23.2 Å². The van der Waals surface area contributed by atoms with Crippen LogP contribution in [0.15, 0.2) is 60.7 Å². The zero-order valence-electron chi connectivity index (χ0n) is 16.2. The molecule has 8 heteroatoms. The van der Waals surface area contributed by atoms with Gasteiger partial charge >= 0.3 is 0 Å². The first kappa shape index (κ1) is 20.4. The van der Waals surface area contributed by atoms with Gasteiger partial charge in [-0.3, -0.25) is 4.79 Å². The van der Waals surface area contributed by atoms with E-state index in [-0.39, 0.29) is 12.5 Å². The van der Waals surface area contributed by atoms with Crippen LogP contribution in [-0.4, -0.2) is 53.8 Å². The SMILES string of the molecule is O=C(COc1ccccc1Cl)N1CCN(c2ccc(-c3ccccc3Cl)nn2)CC1. The average Bonchev–Trinajstić information content (AvgIpc) is 2.79. The normalized spacial score (nSPS) is 13.9. The molecule has 0 bridgehead atoms. The topological polar surface area (TPSA) is 58.6 Å². The van der Waals surface area contributed by atoms with Crippen LogP contribution in [0.3, 0.4) is 0 Å². The lowest BCUT2D eigenvalue weighted by Gasteiger charge is -2.35. The van der Waals surface area contributed by atoms with Crippen LogP contribution in [0.5, 0.6) is 5.75 Å². The molecule has 0 N–H and O–H groups in total. The molecule has 1 aliphatic heterocycles. The van der Waals surface area contributed by atoms with Gasteiger partial charge in [-0.05, 0) is 30.3 Å². The van der Waals surface area contributed by atoms with Gasteiger partial charge in [-0.2, -0.15) is 0 Å². The monoisotopic (exact) mass is 442 g/mol. The third kappa shape index (κ3) is 4.66.